The van der Waals surface area contributed by atoms with Crippen LogP contribution in [0.2, 0.25) is 0 Å². The molecule has 0 aliphatic rings. The maximum absolute atomic E-state index is 13.1. The van der Waals surface area contributed by atoms with E-state index in [-0.39, 0.29) is 11.2 Å². The first-order valence-electron chi connectivity index (χ1n) is 8.93. The third-order valence-electron chi connectivity index (χ3n) is 4.70. The van der Waals surface area contributed by atoms with E-state index >= 15 is 0 Å². The van der Waals surface area contributed by atoms with Gasteiger partial charge in [0, 0.05) is 5.56 Å². The molecule has 0 fully saturated rings. The number of benzene rings is 3. The van der Waals surface area contributed by atoms with E-state index < -0.39 is 0 Å². The summed E-state index contributed by atoms with van der Waals surface area (Å²) in [5.41, 5.74) is 4.54. The topological polar surface area (TPSA) is 39.4 Å². The lowest BCUT2D eigenvalue weighted by molar-refractivity contribution is 0.297. The predicted molar refractivity (Wildman–Crippen MR) is 108 cm³/mol. The molecule has 4 aromatic rings. The Morgan fingerprint density at radius 1 is 0.852 bits per heavy atom. The van der Waals surface area contributed by atoms with Crippen LogP contribution in [-0.4, -0.2) is 0 Å². The van der Waals surface area contributed by atoms with Crippen molar-refractivity contribution >= 4 is 11.0 Å². The van der Waals surface area contributed by atoms with E-state index in [9.17, 15) is 4.79 Å². The SMILES string of the molecule is Cc1ccc(-c2oc3ccccc3c(=O)c2OCc2ccccc2C)cc1. The molecule has 0 bridgehead atoms. The van der Waals surface area contributed by atoms with Crippen molar-refractivity contribution in [1.82, 2.24) is 0 Å². The first-order chi connectivity index (χ1) is 13.1. The highest BCUT2D eigenvalue weighted by Gasteiger charge is 2.18. The van der Waals surface area contributed by atoms with Gasteiger partial charge in [0.05, 0.1) is 5.39 Å². The molecule has 1 aromatic heterocycles. The third-order valence-corrected chi connectivity index (χ3v) is 4.70. The van der Waals surface area contributed by atoms with Gasteiger partial charge >= 0.3 is 0 Å². The molecule has 0 aliphatic carbocycles. The van der Waals surface area contributed by atoms with Crippen molar-refractivity contribution in [2.75, 3.05) is 0 Å². The summed E-state index contributed by atoms with van der Waals surface area (Å²) in [7, 11) is 0. The largest absolute Gasteiger partial charge is 0.481 e. The second-order valence-corrected chi connectivity index (χ2v) is 6.67. The first kappa shape index (κ1) is 17.1. The van der Waals surface area contributed by atoms with E-state index in [0.717, 1.165) is 22.3 Å². The number of hydrogen-bond acceptors (Lipinski definition) is 3. The molecular weight excluding hydrogens is 336 g/mol. The van der Waals surface area contributed by atoms with Crippen molar-refractivity contribution in [3.63, 3.8) is 0 Å². The van der Waals surface area contributed by atoms with Crippen molar-refractivity contribution in [3.05, 3.63) is 99.7 Å². The molecule has 3 heteroatoms. The Labute approximate surface area is 157 Å². The van der Waals surface area contributed by atoms with E-state index in [2.05, 4.69) is 0 Å². The standard InChI is InChI=1S/C24H20O3/c1-16-11-13-18(14-12-16)23-24(26-15-19-8-4-3-7-17(19)2)22(25)20-9-5-6-10-21(20)27-23/h3-14H,15H2,1-2H3. The fourth-order valence-corrected chi connectivity index (χ4v) is 3.07. The molecule has 0 N–H and O–H groups in total. The predicted octanol–water partition coefficient (Wildman–Crippen LogP) is 5.66. The summed E-state index contributed by atoms with van der Waals surface area (Å²) >= 11 is 0. The smallest absolute Gasteiger partial charge is 0.235 e. The van der Waals surface area contributed by atoms with Crippen LogP contribution in [0, 0.1) is 13.8 Å². The zero-order chi connectivity index (χ0) is 18.8. The number of para-hydroxylation sites is 1. The Kier molecular flexibility index (Phi) is 4.51. The Hall–Kier alpha value is -3.33. The maximum Gasteiger partial charge on any atom is 0.235 e. The lowest BCUT2D eigenvalue weighted by Gasteiger charge is -2.13. The minimum atomic E-state index is -0.152. The average Bonchev–Trinajstić information content (AvgIpc) is 2.69. The summed E-state index contributed by atoms with van der Waals surface area (Å²) in [5, 5.41) is 0.521. The molecule has 1 heterocycles. The van der Waals surface area contributed by atoms with Gasteiger partial charge in [-0.25, -0.2) is 0 Å². The summed E-state index contributed by atoms with van der Waals surface area (Å²) in [6.45, 7) is 4.37. The molecule has 4 rings (SSSR count). The van der Waals surface area contributed by atoms with Crippen LogP contribution in [0.25, 0.3) is 22.3 Å². The van der Waals surface area contributed by atoms with Gasteiger partial charge in [0.25, 0.3) is 0 Å². The van der Waals surface area contributed by atoms with Gasteiger partial charge in [0.15, 0.2) is 5.76 Å². The summed E-state index contributed by atoms with van der Waals surface area (Å²) in [4.78, 5) is 13.1. The summed E-state index contributed by atoms with van der Waals surface area (Å²) in [5.74, 6) is 0.716. The second-order valence-electron chi connectivity index (χ2n) is 6.67. The molecule has 0 atom stereocenters. The molecular formula is C24H20O3. The minimum absolute atomic E-state index is 0.152. The van der Waals surface area contributed by atoms with Crippen LogP contribution in [0.15, 0.2) is 82.0 Å². The van der Waals surface area contributed by atoms with Crippen LogP contribution in [0.1, 0.15) is 16.7 Å². The number of fused-ring (bicyclic) bond motifs is 1. The van der Waals surface area contributed by atoms with Crippen molar-refractivity contribution in [3.8, 4) is 17.1 Å². The van der Waals surface area contributed by atoms with Crippen molar-refractivity contribution < 1.29 is 9.15 Å². The number of aryl methyl sites for hydroxylation is 2. The van der Waals surface area contributed by atoms with Gasteiger partial charge in [-0.2, -0.15) is 0 Å². The van der Waals surface area contributed by atoms with Gasteiger partial charge in [0.1, 0.15) is 12.2 Å². The molecule has 3 nitrogen and oxygen atoms in total. The maximum atomic E-state index is 13.1. The molecule has 0 saturated heterocycles. The zero-order valence-corrected chi connectivity index (χ0v) is 15.4. The number of ether oxygens (including phenoxy) is 1. The van der Waals surface area contributed by atoms with E-state index in [0.29, 0.717) is 23.3 Å². The van der Waals surface area contributed by atoms with Gasteiger partial charge in [-0.3, -0.25) is 4.79 Å². The van der Waals surface area contributed by atoms with E-state index in [4.69, 9.17) is 9.15 Å². The van der Waals surface area contributed by atoms with Crippen LogP contribution >= 0.6 is 0 Å². The molecule has 0 radical (unpaired) electrons. The van der Waals surface area contributed by atoms with E-state index in [1.807, 2.05) is 74.5 Å². The van der Waals surface area contributed by atoms with Gasteiger partial charge in [-0.05, 0) is 37.1 Å². The van der Waals surface area contributed by atoms with Crippen molar-refractivity contribution in [2.45, 2.75) is 20.5 Å². The molecule has 0 spiro atoms. The lowest BCUT2D eigenvalue weighted by Crippen LogP contribution is -2.10. The number of rotatable bonds is 4. The molecule has 0 unspecified atom stereocenters. The minimum Gasteiger partial charge on any atom is -0.481 e. The molecule has 3 aromatic carbocycles. The molecule has 0 aliphatic heterocycles. The quantitative estimate of drug-likeness (QED) is 0.474. The fraction of sp³-hybridized carbons (Fsp3) is 0.125. The Balaban J connectivity index is 1.85. The van der Waals surface area contributed by atoms with Crippen LogP contribution in [-0.2, 0) is 6.61 Å². The highest BCUT2D eigenvalue weighted by molar-refractivity contribution is 5.81. The molecule has 0 saturated carbocycles. The third kappa shape index (κ3) is 3.36. The van der Waals surface area contributed by atoms with Gasteiger partial charge in [0.2, 0.25) is 11.2 Å². The first-order valence-corrected chi connectivity index (χ1v) is 8.93. The molecule has 0 amide bonds. The Morgan fingerprint density at radius 3 is 2.33 bits per heavy atom. The van der Waals surface area contributed by atoms with Gasteiger partial charge in [-0.15, -0.1) is 0 Å². The monoisotopic (exact) mass is 356 g/mol. The second kappa shape index (κ2) is 7.12. The van der Waals surface area contributed by atoms with Crippen molar-refractivity contribution in [2.24, 2.45) is 0 Å². The van der Waals surface area contributed by atoms with Crippen molar-refractivity contribution in [1.29, 1.82) is 0 Å². The van der Waals surface area contributed by atoms with Crippen LogP contribution in [0.5, 0.6) is 5.75 Å². The highest BCUT2D eigenvalue weighted by Crippen LogP contribution is 2.31. The summed E-state index contributed by atoms with van der Waals surface area (Å²) in [6.07, 6.45) is 0. The Morgan fingerprint density at radius 2 is 1.56 bits per heavy atom. The summed E-state index contributed by atoms with van der Waals surface area (Å²) in [6, 6.07) is 23.1. The normalized spacial score (nSPS) is 10.9. The number of hydrogen-bond donors (Lipinski definition) is 0. The lowest BCUT2D eigenvalue weighted by atomic mass is 10.1. The van der Waals surface area contributed by atoms with Gasteiger partial charge in [-0.1, -0.05) is 66.2 Å². The molecule has 134 valence electrons. The van der Waals surface area contributed by atoms with Crippen LogP contribution < -0.4 is 10.2 Å². The van der Waals surface area contributed by atoms with E-state index in [1.165, 1.54) is 0 Å². The average molecular weight is 356 g/mol. The Bertz CT molecular complexity index is 1150. The highest BCUT2D eigenvalue weighted by atomic mass is 16.5. The van der Waals surface area contributed by atoms with Gasteiger partial charge < -0.3 is 9.15 Å². The zero-order valence-electron chi connectivity index (χ0n) is 15.4. The van der Waals surface area contributed by atoms with Crippen LogP contribution in [0.3, 0.4) is 0 Å². The van der Waals surface area contributed by atoms with Crippen LogP contribution in [0.4, 0.5) is 0 Å². The van der Waals surface area contributed by atoms with E-state index in [1.54, 1.807) is 12.1 Å². The summed E-state index contributed by atoms with van der Waals surface area (Å²) < 4.78 is 12.1. The molecule has 27 heavy (non-hydrogen) atoms. The fourth-order valence-electron chi connectivity index (χ4n) is 3.07.